The van der Waals surface area contributed by atoms with Gasteiger partial charge in [0.2, 0.25) is 0 Å². The topological polar surface area (TPSA) is 293 Å². The van der Waals surface area contributed by atoms with Gasteiger partial charge in [0.25, 0.3) is 22.7 Å². The Kier molecular flexibility index (Phi) is 16.7. The Morgan fingerprint density at radius 1 is 0.448 bits per heavy atom. The van der Waals surface area contributed by atoms with Crippen LogP contribution in [0.3, 0.4) is 0 Å². The highest BCUT2D eigenvalue weighted by Gasteiger charge is 2.43. The Balaban J connectivity index is 0.000000103. The van der Waals surface area contributed by atoms with Crippen molar-refractivity contribution >= 4 is 100 Å². The zero-order chi connectivity index (χ0) is 60.5. The summed E-state index contributed by atoms with van der Waals surface area (Å²) in [7, 11) is 0. The predicted molar refractivity (Wildman–Crippen MR) is 333 cm³/mol. The Labute approximate surface area is 499 Å². The molecule has 8 aromatic rings. The van der Waals surface area contributed by atoms with Crippen molar-refractivity contribution < 1.29 is 34.1 Å². The van der Waals surface area contributed by atoms with E-state index in [1.165, 1.54) is 90.7 Å². The molecule has 20 rings (SSSR count). The maximum absolute atomic E-state index is 10.8. The first-order valence-corrected chi connectivity index (χ1v) is 30.2. The molecular formula is C66H68N10O11. The number of aromatic nitrogens is 4. The van der Waals surface area contributed by atoms with E-state index in [2.05, 4.69) is 48.0 Å². The molecule has 4 aromatic carbocycles. The number of aromatic amines is 4. The average Bonchev–Trinajstić information content (AvgIpc) is 2.55. The number of non-ortho nitro benzene ring substituents is 4. The van der Waals surface area contributed by atoms with E-state index in [-0.39, 0.29) is 37.5 Å². The van der Waals surface area contributed by atoms with E-state index in [1.54, 1.807) is 48.7 Å². The molecule has 448 valence electrons. The van der Waals surface area contributed by atoms with E-state index in [0.717, 1.165) is 145 Å². The van der Waals surface area contributed by atoms with Crippen LogP contribution in [0.15, 0.2) is 122 Å². The van der Waals surface area contributed by atoms with Crippen molar-refractivity contribution in [3.63, 3.8) is 0 Å². The minimum absolute atomic E-state index is 0.116. The van der Waals surface area contributed by atoms with Crippen LogP contribution in [0.4, 0.5) is 22.7 Å². The second-order valence-corrected chi connectivity index (χ2v) is 24.6. The number of nitro groups is 4. The fraction of sp³-hybridized carbons (Fsp3) is 0.379. The second kappa shape index (κ2) is 25.0. The molecule has 0 spiro atoms. The highest BCUT2D eigenvalue weighted by Crippen LogP contribution is 2.48. The highest BCUT2D eigenvalue weighted by atomic mass is 16.6. The van der Waals surface area contributed by atoms with E-state index in [1.807, 2.05) is 42.9 Å². The van der Waals surface area contributed by atoms with Gasteiger partial charge in [0, 0.05) is 170 Å². The first-order chi connectivity index (χ1) is 42.0. The SMILES string of the molecule is O=C1CC2CC(C1)C2.O=C1CC2CN2C1.O=C1CCCC1.O=[N+]([O-])c1ccc2c(C3=CC4CC(C3)C4)c[nH]c2c1.O=[N+]([O-])c1ccc2c(C3=CC4CN4C3)c[nH]c2c1.O=[N+]([O-])c1ccc2c(C3=CCCC3)c[nH]c2c1.O=[N+]([O-])c1ccc2cc[nH]c2c1. The molecule has 0 radical (unpaired) electrons. The maximum atomic E-state index is 10.8. The molecule has 8 heterocycles. The number of ketones is 3. The number of H-pyrrole nitrogens is 4. The molecule has 0 amide bonds. The number of benzene rings is 4. The van der Waals surface area contributed by atoms with Gasteiger partial charge in [-0.1, -0.05) is 18.2 Å². The maximum Gasteiger partial charge on any atom is 0.271 e. The third-order valence-corrected chi connectivity index (χ3v) is 18.4. The van der Waals surface area contributed by atoms with Gasteiger partial charge < -0.3 is 19.9 Å². The van der Waals surface area contributed by atoms with Crippen molar-refractivity contribution in [1.82, 2.24) is 29.7 Å². The van der Waals surface area contributed by atoms with Crippen LogP contribution in [0.1, 0.15) is 113 Å². The number of allylic oxidation sites excluding steroid dienone is 4. The molecule has 21 heteroatoms. The number of hydrogen-bond donors (Lipinski definition) is 4. The molecular weight excluding hydrogens is 1110 g/mol. The number of fused-ring (bicyclic) bond motifs is 9. The van der Waals surface area contributed by atoms with Crippen LogP contribution in [0.2, 0.25) is 0 Å². The van der Waals surface area contributed by atoms with Gasteiger partial charge in [-0.05, 0) is 140 Å². The molecule has 4 aromatic heterocycles. The summed E-state index contributed by atoms with van der Waals surface area (Å²) in [4.78, 5) is 89.4. The van der Waals surface area contributed by atoms with E-state index < -0.39 is 4.92 Å². The van der Waals surface area contributed by atoms with Gasteiger partial charge in [0.05, 0.1) is 48.3 Å². The predicted octanol–water partition coefficient (Wildman–Crippen LogP) is 13.9. The smallest absolute Gasteiger partial charge is 0.271 e. The van der Waals surface area contributed by atoms with E-state index in [0.29, 0.717) is 29.4 Å². The number of Topliss-reactive ketones (excluding diaryl/α,β-unsaturated/α-hetero) is 3. The molecule has 87 heavy (non-hydrogen) atoms. The Bertz CT molecular complexity index is 4080. The zero-order valence-corrected chi connectivity index (χ0v) is 48.1. The number of carbonyl (C=O) groups is 3. The van der Waals surface area contributed by atoms with Crippen molar-refractivity contribution in [3.8, 4) is 0 Å². The number of carbonyl (C=O) groups excluding carboxylic acids is 3. The van der Waals surface area contributed by atoms with Crippen molar-refractivity contribution in [2.24, 2.45) is 23.7 Å². The molecule has 8 fully saturated rings. The largest absolute Gasteiger partial charge is 0.361 e. The first-order valence-electron chi connectivity index (χ1n) is 30.2. The van der Waals surface area contributed by atoms with E-state index in [9.17, 15) is 54.8 Å². The Morgan fingerprint density at radius 2 is 0.966 bits per heavy atom. The van der Waals surface area contributed by atoms with Gasteiger partial charge in [-0.2, -0.15) is 0 Å². The fourth-order valence-corrected chi connectivity index (χ4v) is 13.6. The summed E-state index contributed by atoms with van der Waals surface area (Å²) < 4.78 is 0. The van der Waals surface area contributed by atoms with Gasteiger partial charge in [-0.3, -0.25) is 64.6 Å². The van der Waals surface area contributed by atoms with Crippen molar-refractivity contribution in [2.75, 3.05) is 26.2 Å². The summed E-state index contributed by atoms with van der Waals surface area (Å²) in [6.45, 7) is 4.10. The summed E-state index contributed by atoms with van der Waals surface area (Å²) in [6.07, 6.45) is 31.2. The van der Waals surface area contributed by atoms with Crippen LogP contribution < -0.4 is 0 Å². The average molecular weight is 1180 g/mol. The summed E-state index contributed by atoms with van der Waals surface area (Å²) >= 11 is 0. The third kappa shape index (κ3) is 13.6. The number of piperidine rings is 1. The van der Waals surface area contributed by atoms with Crippen LogP contribution in [-0.4, -0.2) is 105 Å². The molecule has 4 N–H and O–H groups in total. The summed E-state index contributed by atoms with van der Waals surface area (Å²) in [5.41, 5.74) is 11.5. The Hall–Kier alpha value is -9.21. The number of rotatable bonds is 7. The highest BCUT2D eigenvalue weighted by molar-refractivity contribution is 5.96. The summed E-state index contributed by atoms with van der Waals surface area (Å²) in [6, 6.07) is 23.0. The summed E-state index contributed by atoms with van der Waals surface area (Å²) in [5, 5.41) is 46.8. The first kappa shape index (κ1) is 58.2. The van der Waals surface area contributed by atoms with Crippen LogP contribution in [0.5, 0.6) is 0 Å². The van der Waals surface area contributed by atoms with Crippen molar-refractivity contribution in [1.29, 1.82) is 0 Å². The lowest BCUT2D eigenvalue weighted by Gasteiger charge is -2.39. The van der Waals surface area contributed by atoms with Gasteiger partial charge in [0.1, 0.15) is 17.3 Å². The van der Waals surface area contributed by atoms with Gasteiger partial charge in [-0.25, -0.2) is 0 Å². The fourth-order valence-electron chi connectivity index (χ4n) is 13.6. The van der Waals surface area contributed by atoms with Crippen molar-refractivity contribution in [2.45, 2.75) is 108 Å². The number of nitrogens with one attached hydrogen (secondary N) is 4. The summed E-state index contributed by atoms with van der Waals surface area (Å²) in [5.74, 6) is 4.62. The molecule has 8 aliphatic carbocycles. The normalized spacial score (nSPS) is 24.3. The number of hydrogen-bond acceptors (Lipinski definition) is 13. The van der Waals surface area contributed by atoms with E-state index >= 15 is 0 Å². The Morgan fingerprint density at radius 3 is 1.37 bits per heavy atom. The van der Waals surface area contributed by atoms with Crippen LogP contribution in [0, 0.1) is 64.1 Å². The van der Waals surface area contributed by atoms with Crippen LogP contribution >= 0.6 is 0 Å². The lowest BCUT2D eigenvalue weighted by molar-refractivity contribution is -0.384. The number of nitro benzene ring substituents is 4. The minimum Gasteiger partial charge on any atom is -0.361 e. The quantitative estimate of drug-likeness (QED) is 0.0656. The molecule has 21 nitrogen and oxygen atoms in total. The molecule has 3 saturated heterocycles. The standard InChI is InChI=1S/C15H14N2O2.C13H11N3O2.C13H12N2O2.C8H6N2O2.C7H10O.C5H7NO.C5H8O/c18-17(19)12-1-2-13-14(8-16-15(13)7-12)11-5-9-3-10(4-9)6-11;17-16(18)9-1-2-11-12(5-14-13(11)4-9)8-3-10-7-15(10)6-8;16-15(17)10-5-6-11-12(8-14-13(11)7-10)9-3-1-2-4-9;11-10(12)7-2-1-6-3-4-9-8(6)5-7;8-7-3-5-1-6(2-5)4-7;7-5-1-4-2-6(4)3-5;6-5-3-1-2-4-5/h1-2,5,7-10,16H,3-4,6H2;1-5,10,14H,6-7H2;3,5-8,14H,1-2,4H2;1-5,9H;5-6H,1-4H2;4H,1-3H2;1-4H2. The van der Waals surface area contributed by atoms with Gasteiger partial charge >= 0.3 is 0 Å². The van der Waals surface area contributed by atoms with Crippen molar-refractivity contribution in [3.05, 3.63) is 179 Å². The van der Waals surface area contributed by atoms with Gasteiger partial charge in [-0.15, -0.1) is 0 Å². The molecule has 12 aliphatic rings. The number of nitrogens with zero attached hydrogens (tertiary/aromatic N) is 6. The second-order valence-electron chi connectivity index (χ2n) is 24.6. The minimum atomic E-state index is -0.402. The lowest BCUT2D eigenvalue weighted by atomic mass is 9.65. The monoisotopic (exact) mass is 1180 g/mol. The molecule has 4 aliphatic heterocycles. The lowest BCUT2D eigenvalue weighted by Crippen LogP contribution is -2.33. The van der Waals surface area contributed by atoms with Crippen LogP contribution in [-0.2, 0) is 14.4 Å². The molecule has 4 bridgehead atoms. The molecule has 5 saturated carbocycles. The molecule has 4 atom stereocenters. The van der Waals surface area contributed by atoms with Gasteiger partial charge in [0.15, 0.2) is 0 Å². The zero-order valence-electron chi connectivity index (χ0n) is 48.1. The molecule has 4 unspecified atom stereocenters. The van der Waals surface area contributed by atoms with E-state index in [4.69, 9.17) is 0 Å². The van der Waals surface area contributed by atoms with Crippen LogP contribution in [0.25, 0.3) is 60.3 Å². The third-order valence-electron chi connectivity index (χ3n) is 18.4.